The molecule has 3 heteroatoms. The van der Waals surface area contributed by atoms with Crippen LogP contribution in [0, 0.1) is 6.92 Å². The molecule has 0 aliphatic carbocycles. The summed E-state index contributed by atoms with van der Waals surface area (Å²) in [7, 11) is 0. The molecule has 12 heavy (non-hydrogen) atoms. The van der Waals surface area contributed by atoms with Crippen molar-refractivity contribution in [2.45, 2.75) is 40.2 Å². The molecule has 0 spiro atoms. The van der Waals surface area contributed by atoms with Crippen LogP contribution in [0.5, 0.6) is 0 Å². The standard InChI is InChI=1S/C9H17N3/c1-5-8-7(4)9(12-11-8)10-6(2)3/h6H,5H2,1-4H3,(H2,10,11,12). The predicted molar refractivity (Wildman–Crippen MR) is 51.5 cm³/mol. The van der Waals surface area contributed by atoms with Gasteiger partial charge in [-0.25, -0.2) is 0 Å². The SMILES string of the molecule is CCc1[nH]nc(NC(C)C)c1C. The third kappa shape index (κ3) is 1.78. The Morgan fingerprint density at radius 3 is 2.58 bits per heavy atom. The quantitative estimate of drug-likeness (QED) is 0.723. The predicted octanol–water partition coefficient (Wildman–Crippen LogP) is 2.10. The van der Waals surface area contributed by atoms with Gasteiger partial charge in [0.15, 0.2) is 5.82 Å². The zero-order valence-electron chi connectivity index (χ0n) is 8.23. The second-order valence-electron chi connectivity index (χ2n) is 3.33. The molecule has 0 saturated carbocycles. The smallest absolute Gasteiger partial charge is 0.151 e. The van der Waals surface area contributed by atoms with Crippen LogP contribution in [0.4, 0.5) is 5.82 Å². The van der Waals surface area contributed by atoms with E-state index >= 15 is 0 Å². The Balaban J connectivity index is 2.80. The van der Waals surface area contributed by atoms with Crippen molar-refractivity contribution in [1.29, 1.82) is 0 Å². The summed E-state index contributed by atoms with van der Waals surface area (Å²) < 4.78 is 0. The molecule has 0 aromatic carbocycles. The van der Waals surface area contributed by atoms with E-state index in [-0.39, 0.29) is 0 Å². The molecule has 0 amide bonds. The lowest BCUT2D eigenvalue weighted by Crippen LogP contribution is -2.10. The average Bonchev–Trinajstić information content (AvgIpc) is 2.32. The molecule has 0 bridgehead atoms. The van der Waals surface area contributed by atoms with E-state index in [1.54, 1.807) is 0 Å². The van der Waals surface area contributed by atoms with Crippen LogP contribution in [0.25, 0.3) is 0 Å². The minimum absolute atomic E-state index is 0.441. The fourth-order valence-electron chi connectivity index (χ4n) is 1.19. The van der Waals surface area contributed by atoms with Crippen LogP contribution < -0.4 is 5.32 Å². The molecular weight excluding hydrogens is 150 g/mol. The molecule has 2 N–H and O–H groups in total. The van der Waals surface area contributed by atoms with Gasteiger partial charge in [-0.05, 0) is 27.2 Å². The van der Waals surface area contributed by atoms with E-state index in [0.29, 0.717) is 6.04 Å². The van der Waals surface area contributed by atoms with Gasteiger partial charge in [0.1, 0.15) is 0 Å². The normalized spacial score (nSPS) is 10.8. The third-order valence-corrected chi connectivity index (χ3v) is 1.89. The Kier molecular flexibility index (Phi) is 2.74. The summed E-state index contributed by atoms with van der Waals surface area (Å²) in [6.07, 6.45) is 1.01. The van der Waals surface area contributed by atoms with Crippen molar-refractivity contribution < 1.29 is 0 Å². The number of aromatic nitrogens is 2. The highest BCUT2D eigenvalue weighted by Crippen LogP contribution is 2.15. The lowest BCUT2D eigenvalue weighted by Gasteiger charge is -2.06. The molecule has 1 heterocycles. The maximum Gasteiger partial charge on any atom is 0.151 e. The molecule has 0 aliphatic rings. The van der Waals surface area contributed by atoms with Crippen LogP contribution in [0.15, 0.2) is 0 Å². The minimum atomic E-state index is 0.441. The van der Waals surface area contributed by atoms with Crippen molar-refractivity contribution in [1.82, 2.24) is 10.2 Å². The van der Waals surface area contributed by atoms with Crippen molar-refractivity contribution in [3.8, 4) is 0 Å². The van der Waals surface area contributed by atoms with E-state index in [1.807, 2.05) is 0 Å². The van der Waals surface area contributed by atoms with E-state index in [0.717, 1.165) is 12.2 Å². The van der Waals surface area contributed by atoms with Crippen LogP contribution in [0.2, 0.25) is 0 Å². The lowest BCUT2D eigenvalue weighted by atomic mass is 10.2. The fourth-order valence-corrected chi connectivity index (χ4v) is 1.19. The van der Waals surface area contributed by atoms with E-state index in [2.05, 4.69) is 43.2 Å². The Bertz CT molecular complexity index is 250. The molecular formula is C9H17N3. The average molecular weight is 167 g/mol. The summed E-state index contributed by atoms with van der Waals surface area (Å²) in [5.41, 5.74) is 2.46. The Hall–Kier alpha value is -0.990. The van der Waals surface area contributed by atoms with Gasteiger partial charge in [-0.3, -0.25) is 5.10 Å². The number of hydrogen-bond donors (Lipinski definition) is 2. The van der Waals surface area contributed by atoms with Crippen LogP contribution in [-0.2, 0) is 6.42 Å². The molecule has 1 aromatic rings. The molecule has 0 fully saturated rings. The third-order valence-electron chi connectivity index (χ3n) is 1.89. The van der Waals surface area contributed by atoms with Crippen molar-refractivity contribution >= 4 is 5.82 Å². The monoisotopic (exact) mass is 167 g/mol. The largest absolute Gasteiger partial charge is 0.366 e. The molecule has 0 saturated heterocycles. The van der Waals surface area contributed by atoms with E-state index < -0.39 is 0 Å². The first kappa shape index (κ1) is 9.10. The Labute approximate surface area is 73.6 Å². The molecule has 0 radical (unpaired) electrons. The van der Waals surface area contributed by atoms with Gasteiger partial charge in [0, 0.05) is 17.3 Å². The summed E-state index contributed by atoms with van der Waals surface area (Å²) in [6.45, 7) is 8.44. The van der Waals surface area contributed by atoms with E-state index in [4.69, 9.17) is 0 Å². The van der Waals surface area contributed by atoms with Gasteiger partial charge in [-0.2, -0.15) is 5.10 Å². The molecule has 1 rings (SSSR count). The lowest BCUT2D eigenvalue weighted by molar-refractivity contribution is 0.881. The summed E-state index contributed by atoms with van der Waals surface area (Å²) in [5, 5.41) is 10.5. The van der Waals surface area contributed by atoms with Gasteiger partial charge in [0.05, 0.1) is 0 Å². The van der Waals surface area contributed by atoms with Gasteiger partial charge in [0.2, 0.25) is 0 Å². The highest BCUT2D eigenvalue weighted by Gasteiger charge is 2.06. The second kappa shape index (κ2) is 3.61. The number of nitrogens with one attached hydrogen (secondary N) is 2. The summed E-state index contributed by atoms with van der Waals surface area (Å²) in [4.78, 5) is 0. The zero-order chi connectivity index (χ0) is 9.14. The van der Waals surface area contributed by atoms with Gasteiger partial charge in [-0.15, -0.1) is 0 Å². The zero-order valence-corrected chi connectivity index (χ0v) is 8.23. The van der Waals surface area contributed by atoms with Gasteiger partial charge in [-0.1, -0.05) is 6.92 Å². The molecule has 68 valence electrons. The van der Waals surface area contributed by atoms with Crippen molar-refractivity contribution in [3.63, 3.8) is 0 Å². The van der Waals surface area contributed by atoms with Crippen molar-refractivity contribution in [2.24, 2.45) is 0 Å². The van der Waals surface area contributed by atoms with E-state index in [9.17, 15) is 0 Å². The molecule has 3 nitrogen and oxygen atoms in total. The fraction of sp³-hybridized carbons (Fsp3) is 0.667. The Morgan fingerprint density at radius 1 is 1.50 bits per heavy atom. The van der Waals surface area contributed by atoms with Crippen LogP contribution in [0.1, 0.15) is 32.0 Å². The van der Waals surface area contributed by atoms with Gasteiger partial charge in [0.25, 0.3) is 0 Å². The number of H-pyrrole nitrogens is 1. The second-order valence-corrected chi connectivity index (χ2v) is 3.33. The summed E-state index contributed by atoms with van der Waals surface area (Å²) in [5.74, 6) is 0.988. The van der Waals surface area contributed by atoms with Crippen LogP contribution in [0.3, 0.4) is 0 Å². The number of aromatic amines is 1. The highest BCUT2D eigenvalue weighted by molar-refractivity contribution is 5.45. The van der Waals surface area contributed by atoms with Crippen molar-refractivity contribution in [2.75, 3.05) is 5.32 Å². The topological polar surface area (TPSA) is 40.7 Å². The molecule has 0 atom stereocenters. The molecule has 0 aliphatic heterocycles. The maximum absolute atomic E-state index is 4.19. The van der Waals surface area contributed by atoms with Crippen molar-refractivity contribution in [3.05, 3.63) is 11.3 Å². The first-order valence-corrected chi connectivity index (χ1v) is 4.45. The number of nitrogens with zero attached hydrogens (tertiary/aromatic N) is 1. The first-order chi connectivity index (χ1) is 5.65. The van der Waals surface area contributed by atoms with E-state index in [1.165, 1.54) is 11.3 Å². The number of rotatable bonds is 3. The maximum atomic E-state index is 4.19. The summed E-state index contributed by atoms with van der Waals surface area (Å²) >= 11 is 0. The number of aryl methyl sites for hydroxylation is 1. The van der Waals surface area contributed by atoms with Crippen LogP contribution >= 0.6 is 0 Å². The molecule has 1 aromatic heterocycles. The Morgan fingerprint density at radius 2 is 2.17 bits per heavy atom. The van der Waals surface area contributed by atoms with Gasteiger partial charge >= 0.3 is 0 Å². The van der Waals surface area contributed by atoms with Crippen LogP contribution in [-0.4, -0.2) is 16.2 Å². The number of hydrogen-bond acceptors (Lipinski definition) is 2. The first-order valence-electron chi connectivity index (χ1n) is 4.45. The molecule has 0 unspecified atom stereocenters. The summed E-state index contributed by atoms with van der Waals surface area (Å²) in [6, 6.07) is 0.441. The number of anilines is 1. The minimum Gasteiger partial charge on any atom is -0.366 e. The van der Waals surface area contributed by atoms with Gasteiger partial charge < -0.3 is 5.32 Å². The highest BCUT2D eigenvalue weighted by atomic mass is 15.2.